The lowest BCUT2D eigenvalue weighted by Gasteiger charge is -2.12. The van der Waals surface area contributed by atoms with Crippen molar-refractivity contribution < 1.29 is 22.3 Å². The fourth-order valence-electron chi connectivity index (χ4n) is 4.07. The van der Waals surface area contributed by atoms with Gasteiger partial charge in [-0.2, -0.15) is 0 Å². The molecule has 0 saturated carbocycles. The summed E-state index contributed by atoms with van der Waals surface area (Å²) >= 11 is 0. The molecule has 5 nitrogen and oxygen atoms in total. The van der Waals surface area contributed by atoms with Gasteiger partial charge in [-0.25, -0.2) is 21.6 Å². The number of ether oxygens (including phenoxy) is 1. The van der Waals surface area contributed by atoms with Crippen molar-refractivity contribution in [3.63, 3.8) is 0 Å². The molecule has 0 bridgehead atoms. The quantitative estimate of drug-likeness (QED) is 0.572. The molecule has 0 fully saturated rings. The van der Waals surface area contributed by atoms with Gasteiger partial charge in [-0.15, -0.1) is 0 Å². The lowest BCUT2D eigenvalue weighted by Crippen LogP contribution is -2.21. The van der Waals surface area contributed by atoms with E-state index in [0.29, 0.717) is 18.5 Å². The predicted molar refractivity (Wildman–Crippen MR) is 111 cm³/mol. The number of nitrogens with zero attached hydrogens (tertiary/aromatic N) is 1. The average Bonchev–Trinajstić information content (AvgIpc) is 3.29. The second-order valence-corrected chi connectivity index (χ2v) is 9.36. The van der Waals surface area contributed by atoms with Crippen molar-refractivity contribution >= 4 is 16.0 Å². The normalized spacial score (nSPS) is 15.8. The zero-order valence-electron chi connectivity index (χ0n) is 16.8. The molecule has 1 heterocycles. The van der Waals surface area contributed by atoms with Crippen molar-refractivity contribution in [3.8, 4) is 0 Å². The Balaban J connectivity index is 1.79. The summed E-state index contributed by atoms with van der Waals surface area (Å²) in [6, 6.07) is 14.5. The van der Waals surface area contributed by atoms with Crippen LogP contribution in [0.4, 0.5) is 4.39 Å². The van der Waals surface area contributed by atoms with Crippen molar-refractivity contribution in [1.82, 2.24) is 3.97 Å². The molecule has 0 spiro atoms. The molecule has 0 N–H and O–H groups in total. The molecule has 2 aromatic carbocycles. The highest BCUT2D eigenvalue weighted by Crippen LogP contribution is 2.39. The summed E-state index contributed by atoms with van der Waals surface area (Å²) in [5.74, 6) is -0.946. The second kappa shape index (κ2) is 7.72. The van der Waals surface area contributed by atoms with E-state index in [1.807, 2.05) is 6.92 Å². The summed E-state index contributed by atoms with van der Waals surface area (Å²) in [5, 5.41) is 0. The van der Waals surface area contributed by atoms with Gasteiger partial charge in [-0.05, 0) is 73.6 Å². The molecular weight excluding hydrogens is 405 g/mol. The Kier molecular flexibility index (Phi) is 5.24. The summed E-state index contributed by atoms with van der Waals surface area (Å²) in [6.07, 6.45) is 1.93. The molecule has 156 valence electrons. The van der Waals surface area contributed by atoms with Crippen molar-refractivity contribution in [2.75, 3.05) is 7.11 Å². The number of aromatic nitrogens is 1. The number of carbonyl (C=O) groups excluding carboxylic acids is 1. The number of hydrogen-bond acceptors (Lipinski definition) is 4. The standard InChI is InChI=1S/C23H22FNO4S/c1-15-3-10-19(11-4-15)30(27,28)25-21-12-7-17(13-16-5-8-18(24)9-6-16)20(21)14-22(25)23(26)29-2/h3-6,8-11,14,17H,7,12-13H2,1-2H3. The van der Waals surface area contributed by atoms with Crippen LogP contribution in [-0.2, 0) is 27.6 Å². The minimum atomic E-state index is -3.96. The maximum Gasteiger partial charge on any atom is 0.355 e. The molecule has 7 heteroatoms. The molecule has 3 aromatic rings. The molecule has 0 amide bonds. The van der Waals surface area contributed by atoms with Crippen LogP contribution in [0.5, 0.6) is 0 Å². The van der Waals surface area contributed by atoms with E-state index in [1.54, 1.807) is 42.5 Å². The zero-order valence-corrected chi connectivity index (χ0v) is 17.6. The number of benzene rings is 2. The Bertz CT molecular complexity index is 1200. The Morgan fingerprint density at radius 2 is 1.80 bits per heavy atom. The van der Waals surface area contributed by atoms with E-state index >= 15 is 0 Å². The number of esters is 1. The first-order valence-electron chi connectivity index (χ1n) is 9.71. The third-order valence-electron chi connectivity index (χ3n) is 5.61. The summed E-state index contributed by atoms with van der Waals surface area (Å²) in [6.45, 7) is 1.88. The van der Waals surface area contributed by atoms with E-state index in [-0.39, 0.29) is 22.3 Å². The molecule has 4 rings (SSSR count). The van der Waals surface area contributed by atoms with Gasteiger partial charge in [0.15, 0.2) is 0 Å². The van der Waals surface area contributed by atoms with Crippen LogP contribution in [0.2, 0.25) is 0 Å². The third-order valence-corrected chi connectivity index (χ3v) is 7.37. The fraction of sp³-hybridized carbons (Fsp3) is 0.261. The Morgan fingerprint density at radius 3 is 2.43 bits per heavy atom. The van der Waals surface area contributed by atoms with Gasteiger partial charge >= 0.3 is 5.97 Å². The summed E-state index contributed by atoms with van der Waals surface area (Å²) < 4.78 is 46.1. The fourth-order valence-corrected chi connectivity index (χ4v) is 5.64. The summed E-state index contributed by atoms with van der Waals surface area (Å²) in [7, 11) is -2.72. The number of aryl methyl sites for hydroxylation is 1. The first kappa shape index (κ1) is 20.3. The van der Waals surface area contributed by atoms with Crippen LogP contribution in [-0.4, -0.2) is 25.5 Å². The van der Waals surface area contributed by atoms with Gasteiger partial charge in [-0.1, -0.05) is 29.8 Å². The van der Waals surface area contributed by atoms with E-state index in [4.69, 9.17) is 4.74 Å². The molecule has 1 aromatic heterocycles. The molecule has 0 radical (unpaired) electrons. The predicted octanol–water partition coefficient (Wildman–Crippen LogP) is 4.23. The van der Waals surface area contributed by atoms with Crippen LogP contribution < -0.4 is 0 Å². The van der Waals surface area contributed by atoms with E-state index in [1.165, 1.54) is 19.2 Å². The third kappa shape index (κ3) is 3.54. The maximum atomic E-state index is 13.4. The number of methoxy groups -OCH3 is 1. The molecule has 30 heavy (non-hydrogen) atoms. The van der Waals surface area contributed by atoms with Crippen LogP contribution in [0.3, 0.4) is 0 Å². The number of fused-ring (bicyclic) bond motifs is 1. The number of halogens is 1. The number of carbonyl (C=O) groups is 1. The average molecular weight is 427 g/mol. The van der Waals surface area contributed by atoms with Crippen molar-refractivity contribution in [2.24, 2.45) is 0 Å². The van der Waals surface area contributed by atoms with Gasteiger partial charge in [-0.3, -0.25) is 0 Å². The first-order chi connectivity index (χ1) is 14.3. The van der Waals surface area contributed by atoms with E-state index in [9.17, 15) is 17.6 Å². The van der Waals surface area contributed by atoms with Crippen LogP contribution >= 0.6 is 0 Å². The topological polar surface area (TPSA) is 65.4 Å². The molecule has 0 aliphatic heterocycles. The van der Waals surface area contributed by atoms with E-state index in [2.05, 4.69) is 0 Å². The zero-order chi connectivity index (χ0) is 21.5. The van der Waals surface area contributed by atoms with E-state index < -0.39 is 16.0 Å². The Morgan fingerprint density at radius 1 is 1.13 bits per heavy atom. The largest absolute Gasteiger partial charge is 0.464 e. The second-order valence-electron chi connectivity index (χ2n) is 7.57. The summed E-state index contributed by atoms with van der Waals surface area (Å²) in [4.78, 5) is 12.5. The first-order valence-corrected chi connectivity index (χ1v) is 11.1. The Labute approximate surface area is 175 Å². The van der Waals surface area contributed by atoms with Gasteiger partial charge in [0.1, 0.15) is 11.5 Å². The van der Waals surface area contributed by atoms with Gasteiger partial charge in [0.2, 0.25) is 0 Å². The van der Waals surface area contributed by atoms with Gasteiger partial charge in [0.05, 0.1) is 12.0 Å². The molecule has 1 aliphatic rings. The SMILES string of the molecule is COC(=O)c1cc2c(n1S(=O)(=O)c1ccc(C)cc1)CCC2Cc1ccc(F)cc1. The molecule has 1 unspecified atom stereocenters. The minimum absolute atomic E-state index is 0.00637. The molecule has 1 aliphatic carbocycles. The smallest absolute Gasteiger partial charge is 0.355 e. The maximum absolute atomic E-state index is 13.4. The molecule has 1 atom stereocenters. The van der Waals surface area contributed by atoms with Crippen molar-refractivity contribution in [3.05, 3.63) is 88.5 Å². The highest BCUT2D eigenvalue weighted by atomic mass is 32.2. The minimum Gasteiger partial charge on any atom is -0.464 e. The highest BCUT2D eigenvalue weighted by molar-refractivity contribution is 7.90. The lowest BCUT2D eigenvalue weighted by atomic mass is 9.94. The van der Waals surface area contributed by atoms with Crippen LogP contribution in [0.25, 0.3) is 0 Å². The van der Waals surface area contributed by atoms with E-state index in [0.717, 1.165) is 27.1 Å². The van der Waals surface area contributed by atoms with Gasteiger partial charge in [0.25, 0.3) is 10.0 Å². The molecular formula is C23H22FNO4S. The molecule has 0 saturated heterocycles. The monoisotopic (exact) mass is 427 g/mol. The Hall–Kier alpha value is -2.93. The van der Waals surface area contributed by atoms with Crippen LogP contribution in [0.1, 0.15) is 45.2 Å². The van der Waals surface area contributed by atoms with Crippen LogP contribution in [0.15, 0.2) is 59.5 Å². The number of rotatable bonds is 5. The summed E-state index contributed by atoms with van der Waals surface area (Å²) in [5.41, 5.74) is 3.35. The van der Waals surface area contributed by atoms with Gasteiger partial charge < -0.3 is 4.74 Å². The van der Waals surface area contributed by atoms with Gasteiger partial charge in [0, 0.05) is 5.69 Å². The number of hydrogen-bond donors (Lipinski definition) is 0. The van der Waals surface area contributed by atoms with Crippen LogP contribution in [0, 0.1) is 12.7 Å². The lowest BCUT2D eigenvalue weighted by molar-refractivity contribution is 0.0592. The van der Waals surface area contributed by atoms with Crippen molar-refractivity contribution in [1.29, 1.82) is 0 Å². The van der Waals surface area contributed by atoms with Crippen molar-refractivity contribution in [2.45, 2.75) is 37.0 Å². The highest BCUT2D eigenvalue weighted by Gasteiger charge is 2.35.